The molecular formula is C14H20O2. The monoisotopic (exact) mass is 220 g/mol. The van der Waals surface area contributed by atoms with Gasteiger partial charge in [0, 0.05) is 5.56 Å². The normalized spacial score (nSPS) is 18.8. The molecule has 0 saturated heterocycles. The molecule has 0 aromatic heterocycles. The van der Waals surface area contributed by atoms with Gasteiger partial charge in [-0.2, -0.15) is 0 Å². The fraction of sp³-hybridized carbons (Fsp3) is 0.571. The summed E-state index contributed by atoms with van der Waals surface area (Å²) in [6, 6.07) is 4.13. The lowest BCUT2D eigenvalue weighted by Gasteiger charge is -2.27. The summed E-state index contributed by atoms with van der Waals surface area (Å²) < 4.78 is 5.42. The van der Waals surface area contributed by atoms with E-state index in [9.17, 15) is 5.11 Å². The van der Waals surface area contributed by atoms with E-state index < -0.39 is 5.60 Å². The van der Waals surface area contributed by atoms with E-state index in [2.05, 4.69) is 19.9 Å². The summed E-state index contributed by atoms with van der Waals surface area (Å²) in [4.78, 5) is 0. The van der Waals surface area contributed by atoms with E-state index in [4.69, 9.17) is 4.74 Å². The van der Waals surface area contributed by atoms with Crippen LogP contribution in [-0.2, 0) is 5.60 Å². The molecule has 1 aliphatic rings. The Hall–Kier alpha value is -1.02. The highest BCUT2D eigenvalue weighted by Crippen LogP contribution is 2.44. The van der Waals surface area contributed by atoms with Crippen molar-refractivity contribution >= 4 is 0 Å². The lowest BCUT2D eigenvalue weighted by atomic mass is 9.87. The van der Waals surface area contributed by atoms with Crippen LogP contribution in [0.3, 0.4) is 0 Å². The Labute approximate surface area is 97.3 Å². The van der Waals surface area contributed by atoms with Crippen LogP contribution in [0.5, 0.6) is 5.75 Å². The van der Waals surface area contributed by atoms with Gasteiger partial charge in [0.1, 0.15) is 5.75 Å². The second-order valence-corrected chi connectivity index (χ2v) is 4.90. The topological polar surface area (TPSA) is 29.5 Å². The van der Waals surface area contributed by atoms with Crippen LogP contribution in [-0.4, -0.2) is 12.2 Å². The molecule has 1 N–H and O–H groups in total. The van der Waals surface area contributed by atoms with Crippen molar-refractivity contribution < 1.29 is 9.84 Å². The number of rotatable bonds is 2. The Morgan fingerprint density at radius 1 is 1.19 bits per heavy atom. The molecule has 0 spiro atoms. The van der Waals surface area contributed by atoms with E-state index in [1.807, 2.05) is 6.07 Å². The smallest absolute Gasteiger partial charge is 0.125 e. The third kappa shape index (κ3) is 1.82. The van der Waals surface area contributed by atoms with E-state index in [1.54, 1.807) is 7.11 Å². The Bertz CT molecular complexity index is 390. The van der Waals surface area contributed by atoms with Gasteiger partial charge in [-0.25, -0.2) is 0 Å². The van der Waals surface area contributed by atoms with E-state index in [-0.39, 0.29) is 0 Å². The summed E-state index contributed by atoms with van der Waals surface area (Å²) in [5.41, 5.74) is 2.65. The number of ether oxygens (including phenoxy) is 1. The largest absolute Gasteiger partial charge is 0.496 e. The molecular weight excluding hydrogens is 200 g/mol. The van der Waals surface area contributed by atoms with Gasteiger partial charge in [0.15, 0.2) is 0 Å². The number of hydrogen-bond donors (Lipinski definition) is 1. The maximum absolute atomic E-state index is 10.7. The van der Waals surface area contributed by atoms with Gasteiger partial charge in [-0.15, -0.1) is 0 Å². The summed E-state index contributed by atoms with van der Waals surface area (Å²) in [7, 11) is 1.68. The van der Waals surface area contributed by atoms with Crippen LogP contribution in [0.25, 0.3) is 0 Å². The molecule has 1 aliphatic carbocycles. The van der Waals surface area contributed by atoms with Gasteiger partial charge in [-0.1, -0.05) is 18.9 Å². The molecule has 0 radical (unpaired) electrons. The number of hydrogen-bond acceptors (Lipinski definition) is 2. The molecule has 16 heavy (non-hydrogen) atoms. The molecule has 0 heterocycles. The maximum atomic E-state index is 10.7. The van der Waals surface area contributed by atoms with Crippen LogP contribution in [0, 0.1) is 13.8 Å². The average molecular weight is 220 g/mol. The zero-order valence-electron chi connectivity index (χ0n) is 10.3. The van der Waals surface area contributed by atoms with E-state index in [0.717, 1.165) is 42.6 Å². The van der Waals surface area contributed by atoms with Crippen molar-refractivity contribution in [2.24, 2.45) is 0 Å². The molecule has 2 heteroatoms. The quantitative estimate of drug-likeness (QED) is 0.830. The van der Waals surface area contributed by atoms with E-state index in [1.165, 1.54) is 5.56 Å². The van der Waals surface area contributed by atoms with Crippen molar-refractivity contribution in [2.45, 2.75) is 45.1 Å². The first kappa shape index (κ1) is 11.5. The lowest BCUT2D eigenvalue weighted by molar-refractivity contribution is 0.0413. The molecule has 0 atom stereocenters. The molecule has 88 valence electrons. The Kier molecular flexibility index (Phi) is 2.94. The second kappa shape index (κ2) is 4.10. The first-order valence-corrected chi connectivity index (χ1v) is 5.95. The molecule has 1 saturated carbocycles. The van der Waals surface area contributed by atoms with Crippen LogP contribution in [0.15, 0.2) is 12.1 Å². The fourth-order valence-corrected chi connectivity index (χ4v) is 2.90. The third-order valence-corrected chi connectivity index (χ3v) is 3.56. The summed E-state index contributed by atoms with van der Waals surface area (Å²) in [5.74, 6) is 0.835. The van der Waals surface area contributed by atoms with Gasteiger partial charge in [-0.3, -0.25) is 0 Å². The van der Waals surface area contributed by atoms with Crippen molar-refractivity contribution in [3.05, 3.63) is 28.8 Å². The molecule has 2 rings (SSSR count). The second-order valence-electron chi connectivity index (χ2n) is 4.90. The van der Waals surface area contributed by atoms with Gasteiger partial charge in [0.25, 0.3) is 0 Å². The summed E-state index contributed by atoms with van der Waals surface area (Å²) in [5, 5.41) is 10.7. The van der Waals surface area contributed by atoms with Crippen molar-refractivity contribution in [3.8, 4) is 5.75 Å². The minimum atomic E-state index is -0.664. The predicted molar refractivity (Wildman–Crippen MR) is 64.8 cm³/mol. The van der Waals surface area contributed by atoms with Crippen LogP contribution in [0.2, 0.25) is 0 Å². The predicted octanol–water partition coefficient (Wildman–Crippen LogP) is 3.07. The molecule has 0 amide bonds. The van der Waals surface area contributed by atoms with Gasteiger partial charge in [0.05, 0.1) is 12.7 Å². The minimum Gasteiger partial charge on any atom is -0.496 e. The first-order chi connectivity index (χ1) is 7.57. The Morgan fingerprint density at radius 3 is 2.38 bits per heavy atom. The van der Waals surface area contributed by atoms with Crippen molar-refractivity contribution in [2.75, 3.05) is 7.11 Å². The number of benzene rings is 1. The fourth-order valence-electron chi connectivity index (χ4n) is 2.90. The lowest BCUT2D eigenvalue weighted by Crippen LogP contribution is -2.23. The molecule has 1 aromatic carbocycles. The maximum Gasteiger partial charge on any atom is 0.125 e. The van der Waals surface area contributed by atoms with Gasteiger partial charge < -0.3 is 9.84 Å². The molecule has 1 fully saturated rings. The zero-order chi connectivity index (χ0) is 11.8. The standard InChI is InChI=1S/C14H20O2/c1-10-8-11(2)13(12(9-10)16-3)14(15)6-4-5-7-14/h8-9,15H,4-7H2,1-3H3. The summed E-state index contributed by atoms with van der Waals surface area (Å²) in [6.07, 6.45) is 3.92. The van der Waals surface area contributed by atoms with Crippen molar-refractivity contribution in [1.29, 1.82) is 0 Å². The Morgan fingerprint density at radius 2 is 1.81 bits per heavy atom. The molecule has 1 aromatic rings. The van der Waals surface area contributed by atoms with Crippen molar-refractivity contribution in [3.63, 3.8) is 0 Å². The average Bonchev–Trinajstić information content (AvgIpc) is 2.64. The number of aryl methyl sites for hydroxylation is 2. The van der Waals surface area contributed by atoms with E-state index in [0.29, 0.717) is 0 Å². The molecule has 2 nitrogen and oxygen atoms in total. The van der Waals surface area contributed by atoms with Crippen molar-refractivity contribution in [1.82, 2.24) is 0 Å². The zero-order valence-corrected chi connectivity index (χ0v) is 10.3. The molecule has 0 unspecified atom stereocenters. The van der Waals surface area contributed by atoms with Crippen LogP contribution in [0.4, 0.5) is 0 Å². The van der Waals surface area contributed by atoms with E-state index >= 15 is 0 Å². The van der Waals surface area contributed by atoms with Gasteiger partial charge in [-0.05, 0) is 43.9 Å². The van der Waals surface area contributed by atoms with Gasteiger partial charge in [0.2, 0.25) is 0 Å². The minimum absolute atomic E-state index is 0.664. The number of aliphatic hydroxyl groups is 1. The highest BCUT2D eigenvalue weighted by atomic mass is 16.5. The van der Waals surface area contributed by atoms with Crippen LogP contribution >= 0.6 is 0 Å². The SMILES string of the molecule is COc1cc(C)cc(C)c1C1(O)CCCC1. The summed E-state index contributed by atoms with van der Waals surface area (Å²) in [6.45, 7) is 4.11. The highest BCUT2D eigenvalue weighted by molar-refractivity contribution is 5.47. The highest BCUT2D eigenvalue weighted by Gasteiger charge is 2.36. The molecule has 0 bridgehead atoms. The Balaban J connectivity index is 2.54. The number of methoxy groups -OCH3 is 1. The molecule has 0 aliphatic heterocycles. The van der Waals surface area contributed by atoms with Crippen LogP contribution < -0.4 is 4.74 Å². The first-order valence-electron chi connectivity index (χ1n) is 5.95. The van der Waals surface area contributed by atoms with Gasteiger partial charge >= 0.3 is 0 Å². The third-order valence-electron chi connectivity index (χ3n) is 3.56. The summed E-state index contributed by atoms with van der Waals surface area (Å²) >= 11 is 0. The van der Waals surface area contributed by atoms with Crippen LogP contribution in [0.1, 0.15) is 42.4 Å².